The highest BCUT2D eigenvalue weighted by Crippen LogP contribution is 2.33. The van der Waals surface area contributed by atoms with Gasteiger partial charge in [-0.2, -0.15) is 0 Å². The number of alkyl halides is 2. The second-order valence-electron chi connectivity index (χ2n) is 11.0. The van der Waals surface area contributed by atoms with Crippen LogP contribution in [0.2, 0.25) is 0 Å². The molecule has 4 fully saturated rings. The third-order valence-corrected chi connectivity index (χ3v) is 7.35. The number of nitrogens with zero attached hydrogens (tertiary/aromatic N) is 3. The molecular formula is C25H42Cl2N4O4. The first-order chi connectivity index (χ1) is 16.6. The Hall–Kier alpha value is -1.25. The van der Waals surface area contributed by atoms with Crippen LogP contribution in [0.3, 0.4) is 0 Å². The first kappa shape index (κ1) is 28.3. The van der Waals surface area contributed by atoms with Gasteiger partial charge in [0.05, 0.1) is 0 Å². The smallest absolute Gasteiger partial charge is 0.410 e. The standard InChI is InChI=1S/C15H25ClN2O3.C10H17ClN2O/c1-15(2,3)21-14(20)17-8-6-12(7-9-17)18(11-4-5-11)13(19)10-16;11-7-10(14)13(8-1-2-8)9-3-5-12-6-4-9/h11-12H,4-10H2,1-3H3;8-9,12H,1-7H2. The average Bonchev–Trinajstić information content (AvgIpc) is 3.75. The fourth-order valence-corrected chi connectivity index (χ4v) is 5.27. The van der Waals surface area contributed by atoms with Crippen LogP contribution in [0.15, 0.2) is 0 Å². The molecule has 0 radical (unpaired) electrons. The van der Waals surface area contributed by atoms with Gasteiger partial charge in [0.15, 0.2) is 0 Å². The van der Waals surface area contributed by atoms with Crippen molar-refractivity contribution < 1.29 is 19.1 Å². The molecule has 8 nitrogen and oxygen atoms in total. The van der Waals surface area contributed by atoms with Crippen LogP contribution in [0.1, 0.15) is 72.1 Å². The van der Waals surface area contributed by atoms with E-state index >= 15 is 0 Å². The first-order valence-corrected chi connectivity index (χ1v) is 14.1. The highest BCUT2D eigenvalue weighted by molar-refractivity contribution is 6.27. The normalized spacial score (nSPS) is 21.6. The van der Waals surface area contributed by atoms with Crippen LogP contribution in [0.4, 0.5) is 4.79 Å². The number of ether oxygens (including phenoxy) is 1. The lowest BCUT2D eigenvalue weighted by Crippen LogP contribution is -2.50. The number of carbonyl (C=O) groups excluding carboxylic acids is 3. The zero-order valence-electron chi connectivity index (χ0n) is 21.4. The number of hydrogen-bond acceptors (Lipinski definition) is 5. The first-order valence-electron chi connectivity index (χ1n) is 13.1. The van der Waals surface area contributed by atoms with Crippen molar-refractivity contribution in [1.29, 1.82) is 0 Å². The van der Waals surface area contributed by atoms with E-state index in [0.29, 0.717) is 31.2 Å². The zero-order valence-corrected chi connectivity index (χ0v) is 23.0. The number of hydrogen-bond donors (Lipinski definition) is 1. The summed E-state index contributed by atoms with van der Waals surface area (Å²) in [6, 6.07) is 1.52. The maximum atomic E-state index is 12.0. The van der Waals surface area contributed by atoms with Gasteiger partial charge < -0.3 is 24.8 Å². The maximum absolute atomic E-state index is 12.0. The lowest BCUT2D eigenvalue weighted by molar-refractivity contribution is -0.133. The summed E-state index contributed by atoms with van der Waals surface area (Å²) in [5.74, 6) is 0.333. The molecule has 0 aromatic carbocycles. The highest BCUT2D eigenvalue weighted by Gasteiger charge is 2.39. The van der Waals surface area contributed by atoms with Gasteiger partial charge in [0.2, 0.25) is 11.8 Å². The Kier molecular flexibility index (Phi) is 10.4. The van der Waals surface area contributed by atoms with Crippen molar-refractivity contribution in [1.82, 2.24) is 20.0 Å². The van der Waals surface area contributed by atoms with Crippen LogP contribution >= 0.6 is 23.2 Å². The molecule has 2 saturated heterocycles. The van der Waals surface area contributed by atoms with Crippen molar-refractivity contribution in [3.8, 4) is 0 Å². The fourth-order valence-electron chi connectivity index (χ4n) is 4.99. The summed E-state index contributed by atoms with van der Waals surface area (Å²) in [4.78, 5) is 41.4. The predicted molar refractivity (Wildman–Crippen MR) is 138 cm³/mol. The van der Waals surface area contributed by atoms with Gasteiger partial charge in [-0.15, -0.1) is 23.2 Å². The van der Waals surface area contributed by atoms with Gasteiger partial charge in [-0.25, -0.2) is 4.79 Å². The van der Waals surface area contributed by atoms with Crippen molar-refractivity contribution in [3.05, 3.63) is 0 Å². The Labute approximate surface area is 220 Å². The summed E-state index contributed by atoms with van der Waals surface area (Å²) >= 11 is 11.3. The molecule has 0 atom stereocenters. The number of carbonyl (C=O) groups is 3. The second-order valence-corrected chi connectivity index (χ2v) is 11.5. The molecule has 0 spiro atoms. The molecule has 0 aromatic heterocycles. The summed E-state index contributed by atoms with van der Waals surface area (Å²) in [5.41, 5.74) is -0.470. The minimum Gasteiger partial charge on any atom is -0.444 e. The van der Waals surface area contributed by atoms with Crippen molar-refractivity contribution in [2.24, 2.45) is 0 Å². The molecule has 1 N–H and O–H groups in total. The molecule has 0 bridgehead atoms. The van der Waals surface area contributed by atoms with E-state index in [1.165, 1.54) is 12.8 Å². The monoisotopic (exact) mass is 532 g/mol. The van der Waals surface area contributed by atoms with Gasteiger partial charge >= 0.3 is 6.09 Å². The van der Waals surface area contributed by atoms with Gasteiger partial charge in [0.25, 0.3) is 0 Å². The maximum Gasteiger partial charge on any atom is 0.410 e. The molecular weight excluding hydrogens is 491 g/mol. The van der Waals surface area contributed by atoms with Crippen molar-refractivity contribution in [2.75, 3.05) is 37.9 Å². The molecule has 3 amide bonds. The summed E-state index contributed by atoms with van der Waals surface area (Å²) in [6.45, 7) is 8.94. The quantitative estimate of drug-likeness (QED) is 0.528. The van der Waals surface area contributed by atoms with Crippen molar-refractivity contribution >= 4 is 41.1 Å². The third kappa shape index (κ3) is 8.67. The average molecular weight is 534 g/mol. The van der Waals surface area contributed by atoms with E-state index in [4.69, 9.17) is 27.9 Å². The van der Waals surface area contributed by atoms with Crippen molar-refractivity contribution in [2.45, 2.75) is 102 Å². The molecule has 0 aromatic rings. The number of nitrogens with one attached hydrogen (secondary N) is 1. The van der Waals surface area contributed by atoms with E-state index in [0.717, 1.165) is 51.6 Å². The van der Waals surface area contributed by atoms with Crippen LogP contribution in [0.5, 0.6) is 0 Å². The minimum absolute atomic E-state index is 0.0230. The van der Waals surface area contributed by atoms with Crippen LogP contribution in [-0.2, 0) is 14.3 Å². The Balaban J connectivity index is 0.000000211. The molecule has 200 valence electrons. The molecule has 10 heteroatoms. The molecule has 0 unspecified atom stereocenters. The fraction of sp³-hybridized carbons (Fsp3) is 0.880. The number of piperidine rings is 2. The molecule has 2 saturated carbocycles. The largest absolute Gasteiger partial charge is 0.444 e. The second kappa shape index (κ2) is 12.8. The summed E-state index contributed by atoms with van der Waals surface area (Å²) in [6.07, 6.45) is 8.01. The molecule has 2 aliphatic heterocycles. The molecule has 2 aliphatic carbocycles. The lowest BCUT2D eigenvalue weighted by Gasteiger charge is -2.39. The molecule has 4 aliphatic rings. The van der Waals surface area contributed by atoms with Gasteiger partial charge in [0.1, 0.15) is 17.4 Å². The number of rotatable bonds is 6. The Morgan fingerprint density at radius 2 is 1.17 bits per heavy atom. The topological polar surface area (TPSA) is 82.2 Å². The molecule has 4 rings (SSSR count). The van der Waals surface area contributed by atoms with E-state index < -0.39 is 5.60 Å². The van der Waals surface area contributed by atoms with E-state index in [-0.39, 0.29) is 35.7 Å². The van der Waals surface area contributed by atoms with Crippen molar-refractivity contribution in [3.63, 3.8) is 0 Å². The molecule has 35 heavy (non-hydrogen) atoms. The Morgan fingerprint density at radius 1 is 0.771 bits per heavy atom. The molecule has 2 heterocycles. The Morgan fingerprint density at radius 3 is 1.54 bits per heavy atom. The zero-order chi connectivity index (χ0) is 25.6. The minimum atomic E-state index is -0.470. The van der Waals surface area contributed by atoms with E-state index in [1.807, 2.05) is 30.6 Å². The van der Waals surface area contributed by atoms with Gasteiger partial charge in [0, 0.05) is 37.3 Å². The van der Waals surface area contributed by atoms with E-state index in [2.05, 4.69) is 5.32 Å². The number of amides is 3. The number of halogens is 2. The van der Waals surface area contributed by atoms with Crippen LogP contribution in [0.25, 0.3) is 0 Å². The lowest BCUT2D eigenvalue weighted by atomic mass is 10.0. The van der Waals surface area contributed by atoms with E-state index in [9.17, 15) is 14.4 Å². The van der Waals surface area contributed by atoms with Gasteiger partial charge in [-0.1, -0.05) is 0 Å². The summed E-state index contributed by atoms with van der Waals surface area (Å²) in [5, 5.41) is 3.31. The summed E-state index contributed by atoms with van der Waals surface area (Å²) in [7, 11) is 0. The van der Waals surface area contributed by atoms with E-state index in [1.54, 1.807) is 4.90 Å². The predicted octanol–water partition coefficient (Wildman–Crippen LogP) is 3.58. The Bertz CT molecular complexity index is 725. The number of likely N-dealkylation sites (tertiary alicyclic amines) is 1. The van der Waals surface area contributed by atoms with Gasteiger partial charge in [-0.3, -0.25) is 9.59 Å². The summed E-state index contributed by atoms with van der Waals surface area (Å²) < 4.78 is 5.39. The van der Waals surface area contributed by atoms with Crippen LogP contribution in [0, 0.1) is 0 Å². The van der Waals surface area contributed by atoms with Crippen LogP contribution < -0.4 is 5.32 Å². The highest BCUT2D eigenvalue weighted by atomic mass is 35.5. The van der Waals surface area contributed by atoms with Crippen LogP contribution in [-0.4, -0.2) is 100 Å². The SMILES string of the molecule is CC(C)(C)OC(=O)N1CCC(N(C(=O)CCl)C2CC2)CC1.O=C(CCl)N(C1CCNCC1)C1CC1. The van der Waals surface area contributed by atoms with Gasteiger partial charge in [-0.05, 0) is 85.2 Å². The third-order valence-electron chi connectivity index (χ3n) is 6.90.